The Morgan fingerprint density at radius 2 is 2.00 bits per heavy atom. The molecule has 1 aromatic carbocycles. The van der Waals surface area contributed by atoms with Crippen LogP contribution in [-0.4, -0.2) is 16.5 Å². The quantitative estimate of drug-likeness (QED) is 0.766. The van der Waals surface area contributed by atoms with E-state index in [4.69, 9.17) is 0 Å². The molecule has 0 aliphatic heterocycles. The van der Waals surface area contributed by atoms with Crippen LogP contribution in [0.4, 0.5) is 5.69 Å². The largest absolute Gasteiger partial charge is 0.385 e. The van der Waals surface area contributed by atoms with E-state index in [2.05, 4.69) is 51.9 Å². The van der Waals surface area contributed by atoms with Gasteiger partial charge in [0.1, 0.15) is 5.01 Å². The van der Waals surface area contributed by atoms with E-state index < -0.39 is 0 Å². The summed E-state index contributed by atoms with van der Waals surface area (Å²) in [7, 11) is 0. The normalized spacial score (nSPS) is 10.7. The van der Waals surface area contributed by atoms with E-state index in [0.29, 0.717) is 0 Å². The van der Waals surface area contributed by atoms with E-state index in [9.17, 15) is 0 Å². The Kier molecular flexibility index (Phi) is 4.08. The molecule has 0 saturated carbocycles. The fourth-order valence-electron chi connectivity index (χ4n) is 1.86. The number of thiazole rings is 2. The van der Waals surface area contributed by atoms with Gasteiger partial charge >= 0.3 is 0 Å². The van der Waals surface area contributed by atoms with Crippen LogP contribution in [0.2, 0.25) is 0 Å². The molecule has 3 aromatic rings. The minimum atomic E-state index is 0.898. The first-order valence-corrected chi connectivity index (χ1v) is 8.21. The van der Waals surface area contributed by atoms with Crippen LogP contribution in [0.15, 0.2) is 41.4 Å². The second kappa shape index (κ2) is 6.15. The summed E-state index contributed by atoms with van der Waals surface area (Å²) >= 11 is 3.32. The highest BCUT2D eigenvalue weighted by Crippen LogP contribution is 2.26. The van der Waals surface area contributed by atoms with E-state index in [1.54, 1.807) is 22.7 Å². The molecule has 0 amide bonds. The number of benzene rings is 1. The molecule has 1 N–H and O–H groups in total. The molecule has 5 heteroatoms. The molecule has 0 fully saturated rings. The third-order valence-electron chi connectivity index (χ3n) is 2.96. The topological polar surface area (TPSA) is 37.8 Å². The van der Waals surface area contributed by atoms with Crippen molar-refractivity contribution >= 4 is 28.4 Å². The van der Waals surface area contributed by atoms with Crippen molar-refractivity contribution < 1.29 is 0 Å². The molecule has 3 nitrogen and oxygen atoms in total. The second-order valence-electron chi connectivity index (χ2n) is 4.55. The molecule has 0 aliphatic rings. The highest BCUT2D eigenvalue weighted by Gasteiger charge is 2.05. The summed E-state index contributed by atoms with van der Waals surface area (Å²) in [6.45, 7) is 2.99. The van der Waals surface area contributed by atoms with Crippen molar-refractivity contribution in [3.8, 4) is 9.88 Å². The first-order chi connectivity index (χ1) is 9.81. The van der Waals surface area contributed by atoms with Crippen molar-refractivity contribution in [3.63, 3.8) is 0 Å². The zero-order chi connectivity index (χ0) is 13.8. The van der Waals surface area contributed by atoms with E-state index in [0.717, 1.165) is 34.2 Å². The summed E-state index contributed by atoms with van der Waals surface area (Å²) in [5.41, 5.74) is 5.42. The average Bonchev–Trinajstić information content (AvgIpc) is 3.11. The molecule has 0 bridgehead atoms. The predicted octanol–water partition coefficient (Wildman–Crippen LogP) is 4.23. The molecule has 0 radical (unpaired) electrons. The van der Waals surface area contributed by atoms with Gasteiger partial charge in [-0.1, -0.05) is 17.7 Å². The smallest absolute Gasteiger partial charge is 0.135 e. The zero-order valence-corrected chi connectivity index (χ0v) is 12.8. The summed E-state index contributed by atoms with van der Waals surface area (Å²) in [6.07, 6.45) is 2.81. The molecule has 0 saturated heterocycles. The van der Waals surface area contributed by atoms with Gasteiger partial charge in [-0.05, 0) is 19.1 Å². The summed E-state index contributed by atoms with van der Waals surface area (Å²) in [5, 5.41) is 6.62. The number of hydrogen-bond donors (Lipinski definition) is 1. The fourth-order valence-corrected chi connectivity index (χ4v) is 3.41. The molecule has 0 aliphatic carbocycles. The lowest BCUT2D eigenvalue weighted by Crippen LogP contribution is -2.04. The molecular weight excluding hydrogens is 286 g/mol. The zero-order valence-electron chi connectivity index (χ0n) is 11.2. The Hall–Kier alpha value is -1.72. The van der Waals surface area contributed by atoms with E-state index in [1.807, 2.05) is 11.7 Å². The van der Waals surface area contributed by atoms with Gasteiger partial charge in [0.15, 0.2) is 0 Å². The van der Waals surface area contributed by atoms with Crippen LogP contribution in [0.1, 0.15) is 11.3 Å². The van der Waals surface area contributed by atoms with Crippen molar-refractivity contribution in [2.24, 2.45) is 0 Å². The van der Waals surface area contributed by atoms with Gasteiger partial charge in [-0.25, -0.2) is 4.98 Å². The summed E-state index contributed by atoms with van der Waals surface area (Å²) < 4.78 is 0. The van der Waals surface area contributed by atoms with E-state index in [-0.39, 0.29) is 0 Å². The highest BCUT2D eigenvalue weighted by atomic mass is 32.1. The second-order valence-corrected chi connectivity index (χ2v) is 6.30. The maximum Gasteiger partial charge on any atom is 0.135 e. The minimum Gasteiger partial charge on any atom is -0.385 e. The predicted molar refractivity (Wildman–Crippen MR) is 86.6 cm³/mol. The highest BCUT2D eigenvalue weighted by molar-refractivity contribution is 7.19. The van der Waals surface area contributed by atoms with Gasteiger partial charge in [0.25, 0.3) is 0 Å². The van der Waals surface area contributed by atoms with Gasteiger partial charge < -0.3 is 5.32 Å². The Balaban J connectivity index is 1.55. The molecule has 0 unspecified atom stereocenters. The van der Waals surface area contributed by atoms with Crippen LogP contribution in [0.5, 0.6) is 0 Å². The monoisotopic (exact) mass is 301 g/mol. The first-order valence-electron chi connectivity index (χ1n) is 6.45. The molecule has 3 rings (SSSR count). The maximum atomic E-state index is 4.65. The fraction of sp³-hybridized carbons (Fsp3) is 0.200. The minimum absolute atomic E-state index is 0.898. The number of nitrogens with one attached hydrogen (secondary N) is 1. The molecular formula is C15H15N3S2. The molecule has 0 spiro atoms. The van der Waals surface area contributed by atoms with Crippen LogP contribution in [-0.2, 0) is 6.42 Å². The number of aromatic nitrogens is 2. The Morgan fingerprint density at radius 3 is 2.75 bits per heavy atom. The lowest BCUT2D eigenvalue weighted by atomic mass is 10.2. The van der Waals surface area contributed by atoms with Gasteiger partial charge in [-0.15, -0.1) is 22.7 Å². The molecule has 102 valence electrons. The number of anilines is 1. The Bertz CT molecular complexity index is 657. The lowest BCUT2D eigenvalue weighted by molar-refractivity contribution is 0.979. The number of nitrogens with zero attached hydrogens (tertiary/aromatic N) is 2. The third-order valence-corrected chi connectivity index (χ3v) is 4.79. The van der Waals surface area contributed by atoms with Crippen molar-refractivity contribution in [2.45, 2.75) is 13.3 Å². The SMILES string of the molecule is Cc1ccc(NCCc2csc(-c3cncs3)n2)cc1. The molecule has 2 heterocycles. The summed E-state index contributed by atoms with van der Waals surface area (Å²) in [6, 6.07) is 8.46. The van der Waals surface area contributed by atoms with Crippen molar-refractivity contribution in [1.82, 2.24) is 9.97 Å². The Morgan fingerprint density at radius 1 is 1.15 bits per heavy atom. The third kappa shape index (κ3) is 3.23. The number of hydrogen-bond acceptors (Lipinski definition) is 5. The molecule has 2 aromatic heterocycles. The van der Waals surface area contributed by atoms with Crippen LogP contribution in [0.3, 0.4) is 0 Å². The van der Waals surface area contributed by atoms with Gasteiger partial charge in [-0.3, -0.25) is 4.98 Å². The Labute approximate surface area is 126 Å². The van der Waals surface area contributed by atoms with Crippen LogP contribution in [0, 0.1) is 6.92 Å². The summed E-state index contributed by atoms with van der Waals surface area (Å²) in [4.78, 5) is 9.88. The standard InChI is InChI=1S/C15H15N3S2/c1-11-2-4-12(5-3-11)17-7-6-13-9-19-15(18-13)14-8-16-10-20-14/h2-5,8-10,17H,6-7H2,1H3. The van der Waals surface area contributed by atoms with Crippen LogP contribution >= 0.6 is 22.7 Å². The molecule has 0 atom stereocenters. The van der Waals surface area contributed by atoms with Crippen molar-refractivity contribution in [3.05, 3.63) is 52.6 Å². The number of aryl methyl sites for hydroxylation is 1. The van der Waals surface area contributed by atoms with Crippen LogP contribution < -0.4 is 5.32 Å². The van der Waals surface area contributed by atoms with Gasteiger partial charge in [-0.2, -0.15) is 0 Å². The average molecular weight is 301 g/mol. The van der Waals surface area contributed by atoms with E-state index in [1.165, 1.54) is 5.56 Å². The van der Waals surface area contributed by atoms with Gasteiger partial charge in [0.2, 0.25) is 0 Å². The first kappa shape index (κ1) is 13.3. The van der Waals surface area contributed by atoms with Crippen molar-refractivity contribution in [2.75, 3.05) is 11.9 Å². The van der Waals surface area contributed by atoms with Gasteiger partial charge in [0.05, 0.1) is 16.1 Å². The van der Waals surface area contributed by atoms with Crippen molar-refractivity contribution in [1.29, 1.82) is 0 Å². The van der Waals surface area contributed by atoms with E-state index >= 15 is 0 Å². The lowest BCUT2D eigenvalue weighted by Gasteiger charge is -2.05. The number of rotatable bonds is 5. The maximum absolute atomic E-state index is 4.65. The van der Waals surface area contributed by atoms with Crippen LogP contribution in [0.25, 0.3) is 9.88 Å². The van der Waals surface area contributed by atoms with Gasteiger partial charge in [0, 0.05) is 30.2 Å². The molecule has 20 heavy (non-hydrogen) atoms. The summed E-state index contributed by atoms with van der Waals surface area (Å²) in [5.74, 6) is 0.